The molecule has 0 nitrogen and oxygen atoms in total. The Balaban J connectivity index is 2.93. The van der Waals surface area contributed by atoms with E-state index in [0.717, 1.165) is 0 Å². The molecule has 0 radical (unpaired) electrons. The normalized spacial score (nSPS) is 34.9. The zero-order valence-corrected chi connectivity index (χ0v) is 6.58. The fourth-order valence-corrected chi connectivity index (χ4v) is 1.10. The second-order valence-corrected chi connectivity index (χ2v) is 2.98. The first-order valence-electron chi connectivity index (χ1n) is 3.08. The van der Waals surface area contributed by atoms with Gasteiger partial charge in [-0.3, -0.25) is 0 Å². The van der Waals surface area contributed by atoms with E-state index in [0.29, 0.717) is 12.2 Å². The minimum Gasteiger partial charge on any atom is -0.238 e. The molecular formula is C7H5ClF4. The highest BCUT2D eigenvalue weighted by Gasteiger charge is 2.64. The largest absolute Gasteiger partial charge is 0.323 e. The molecular weight excluding hydrogens is 196 g/mol. The molecule has 0 heterocycles. The van der Waals surface area contributed by atoms with Crippen molar-refractivity contribution >= 4 is 11.6 Å². The quantitative estimate of drug-likeness (QED) is 0.365. The third kappa shape index (κ3) is 1.05. The van der Waals surface area contributed by atoms with E-state index in [4.69, 9.17) is 11.6 Å². The first-order valence-corrected chi connectivity index (χ1v) is 3.46. The van der Waals surface area contributed by atoms with E-state index >= 15 is 0 Å². The number of alkyl halides is 5. The number of halogens is 5. The molecule has 12 heavy (non-hydrogen) atoms. The number of hydrogen-bond donors (Lipinski definition) is 0. The van der Waals surface area contributed by atoms with E-state index in [1.807, 2.05) is 0 Å². The Bertz CT molecular complexity index is 244. The van der Waals surface area contributed by atoms with Gasteiger partial charge in [-0.05, 0) is 6.08 Å². The summed E-state index contributed by atoms with van der Waals surface area (Å²) >= 11 is 4.70. The molecule has 0 aliphatic heterocycles. The van der Waals surface area contributed by atoms with Gasteiger partial charge in [-0.1, -0.05) is 24.3 Å². The molecule has 0 saturated heterocycles. The monoisotopic (exact) mass is 200 g/mol. The van der Waals surface area contributed by atoms with Crippen molar-refractivity contribution in [3.05, 3.63) is 24.3 Å². The lowest BCUT2D eigenvalue weighted by molar-refractivity contribution is -0.0731. The molecule has 2 atom stereocenters. The molecule has 0 N–H and O–H groups in total. The topological polar surface area (TPSA) is 0 Å². The standard InChI is InChI=1S/C7H5ClF4/c1-2-5(9)4-3-6(8,10)7(4,11)12/h2-3,5H,1H2. The van der Waals surface area contributed by atoms with Crippen molar-refractivity contribution < 1.29 is 17.6 Å². The summed E-state index contributed by atoms with van der Waals surface area (Å²) < 4.78 is 50.1. The maximum absolute atomic E-state index is 12.6. The van der Waals surface area contributed by atoms with Crippen LogP contribution >= 0.6 is 11.6 Å². The van der Waals surface area contributed by atoms with Crippen LogP contribution in [-0.4, -0.2) is 17.2 Å². The Labute approximate surface area is 71.5 Å². The number of rotatable bonds is 2. The van der Waals surface area contributed by atoms with Gasteiger partial charge in [0.1, 0.15) is 6.17 Å². The Morgan fingerprint density at radius 3 is 2.25 bits per heavy atom. The molecule has 0 amide bonds. The van der Waals surface area contributed by atoms with Gasteiger partial charge in [-0.15, -0.1) is 0 Å². The maximum Gasteiger partial charge on any atom is 0.323 e. The van der Waals surface area contributed by atoms with Gasteiger partial charge in [0.15, 0.2) is 0 Å². The van der Waals surface area contributed by atoms with Crippen molar-refractivity contribution in [2.75, 3.05) is 0 Å². The first kappa shape index (κ1) is 9.58. The second-order valence-electron chi connectivity index (χ2n) is 2.43. The fourth-order valence-electron chi connectivity index (χ4n) is 0.871. The van der Waals surface area contributed by atoms with Crippen molar-refractivity contribution in [3.63, 3.8) is 0 Å². The van der Waals surface area contributed by atoms with E-state index in [1.54, 1.807) is 0 Å². The van der Waals surface area contributed by atoms with Crippen LogP contribution in [-0.2, 0) is 0 Å². The highest BCUT2D eigenvalue weighted by molar-refractivity contribution is 6.26. The van der Waals surface area contributed by atoms with Crippen molar-refractivity contribution in [2.24, 2.45) is 0 Å². The zero-order valence-electron chi connectivity index (χ0n) is 5.83. The lowest BCUT2D eigenvalue weighted by Crippen LogP contribution is -2.50. The summed E-state index contributed by atoms with van der Waals surface area (Å²) in [6.45, 7) is 2.96. The fraction of sp³-hybridized carbons (Fsp3) is 0.429. The van der Waals surface area contributed by atoms with Crippen LogP contribution in [0.5, 0.6) is 0 Å². The van der Waals surface area contributed by atoms with Crippen molar-refractivity contribution in [1.29, 1.82) is 0 Å². The summed E-state index contributed by atoms with van der Waals surface area (Å²) in [5.41, 5.74) is -0.963. The van der Waals surface area contributed by atoms with Gasteiger partial charge in [0.25, 0.3) is 5.13 Å². The minimum absolute atomic E-state index is 0.362. The molecule has 0 aromatic heterocycles. The molecule has 0 saturated carbocycles. The third-order valence-corrected chi connectivity index (χ3v) is 1.97. The predicted molar refractivity (Wildman–Crippen MR) is 37.8 cm³/mol. The Morgan fingerprint density at radius 2 is 2.00 bits per heavy atom. The predicted octanol–water partition coefficient (Wildman–Crippen LogP) is 2.99. The van der Waals surface area contributed by atoms with Gasteiger partial charge in [-0.2, -0.15) is 8.78 Å². The first-order chi connectivity index (χ1) is 5.33. The average molecular weight is 201 g/mol. The molecule has 68 valence electrons. The van der Waals surface area contributed by atoms with Crippen LogP contribution in [0.2, 0.25) is 0 Å². The van der Waals surface area contributed by atoms with E-state index in [1.165, 1.54) is 0 Å². The SMILES string of the molecule is C=CC(F)C1=CC(F)(Cl)C1(F)F. The van der Waals surface area contributed by atoms with Gasteiger partial charge < -0.3 is 0 Å². The third-order valence-electron chi connectivity index (χ3n) is 1.62. The Hall–Kier alpha value is -0.510. The van der Waals surface area contributed by atoms with E-state index < -0.39 is 22.8 Å². The Morgan fingerprint density at radius 1 is 1.50 bits per heavy atom. The lowest BCUT2D eigenvalue weighted by atomic mass is 9.87. The van der Waals surface area contributed by atoms with E-state index in [9.17, 15) is 17.6 Å². The maximum atomic E-state index is 12.6. The minimum atomic E-state index is -3.93. The van der Waals surface area contributed by atoms with Crippen LogP contribution in [0.1, 0.15) is 0 Å². The number of allylic oxidation sites excluding steroid dienone is 3. The molecule has 0 spiro atoms. The lowest BCUT2D eigenvalue weighted by Gasteiger charge is -2.37. The van der Waals surface area contributed by atoms with Crippen molar-refractivity contribution in [3.8, 4) is 0 Å². The molecule has 2 unspecified atom stereocenters. The molecule has 0 aromatic rings. The van der Waals surface area contributed by atoms with Crippen LogP contribution in [0, 0.1) is 0 Å². The summed E-state index contributed by atoms with van der Waals surface area (Å²) in [5, 5.41) is -3.24. The highest BCUT2D eigenvalue weighted by Crippen LogP contribution is 2.53. The molecule has 1 rings (SSSR count). The van der Waals surface area contributed by atoms with Crippen LogP contribution in [0.25, 0.3) is 0 Å². The molecule has 1 aliphatic carbocycles. The number of hydrogen-bond acceptors (Lipinski definition) is 0. The highest BCUT2D eigenvalue weighted by atomic mass is 35.5. The summed E-state index contributed by atoms with van der Waals surface area (Å²) in [6, 6.07) is 0. The van der Waals surface area contributed by atoms with E-state index in [-0.39, 0.29) is 0 Å². The molecule has 1 aliphatic rings. The smallest absolute Gasteiger partial charge is 0.238 e. The van der Waals surface area contributed by atoms with Gasteiger partial charge in [0, 0.05) is 5.57 Å². The van der Waals surface area contributed by atoms with Crippen LogP contribution in [0.3, 0.4) is 0 Å². The summed E-state index contributed by atoms with van der Waals surface area (Å²) in [5.74, 6) is -3.93. The summed E-state index contributed by atoms with van der Waals surface area (Å²) in [4.78, 5) is 0. The van der Waals surface area contributed by atoms with Crippen molar-refractivity contribution in [1.82, 2.24) is 0 Å². The van der Waals surface area contributed by atoms with E-state index in [2.05, 4.69) is 6.58 Å². The van der Waals surface area contributed by atoms with Crippen molar-refractivity contribution in [2.45, 2.75) is 17.2 Å². The van der Waals surface area contributed by atoms with Gasteiger partial charge in [0.2, 0.25) is 0 Å². The van der Waals surface area contributed by atoms with Crippen LogP contribution in [0.4, 0.5) is 17.6 Å². The molecule has 0 bridgehead atoms. The zero-order chi connectivity index (χ0) is 9.57. The van der Waals surface area contributed by atoms with Gasteiger partial charge in [-0.25, -0.2) is 8.78 Å². The second kappa shape index (κ2) is 2.49. The molecule has 5 heteroatoms. The molecule has 0 aromatic carbocycles. The van der Waals surface area contributed by atoms with Crippen LogP contribution in [0.15, 0.2) is 24.3 Å². The van der Waals surface area contributed by atoms with Gasteiger partial charge >= 0.3 is 5.92 Å². The van der Waals surface area contributed by atoms with Gasteiger partial charge in [0.05, 0.1) is 0 Å². The average Bonchev–Trinajstić information content (AvgIpc) is 1.99. The molecule has 0 fully saturated rings. The Kier molecular flexibility index (Phi) is 1.98. The van der Waals surface area contributed by atoms with Crippen LogP contribution < -0.4 is 0 Å². The summed E-state index contributed by atoms with van der Waals surface area (Å²) in [6.07, 6.45) is -1.02. The summed E-state index contributed by atoms with van der Waals surface area (Å²) in [7, 11) is 0.